The Balaban J connectivity index is 1.98. The summed E-state index contributed by atoms with van der Waals surface area (Å²) in [6.07, 6.45) is 3.96. The van der Waals surface area contributed by atoms with Gasteiger partial charge in [0.25, 0.3) is 0 Å². The zero-order chi connectivity index (χ0) is 15.4. The van der Waals surface area contributed by atoms with Crippen LogP contribution in [0.25, 0.3) is 17.8 Å². The van der Waals surface area contributed by atoms with Crippen molar-refractivity contribution in [2.45, 2.75) is 6.54 Å². The van der Waals surface area contributed by atoms with Gasteiger partial charge in [-0.05, 0) is 35.9 Å². The van der Waals surface area contributed by atoms with Crippen LogP contribution in [0.4, 0.5) is 0 Å². The minimum absolute atomic E-state index is 0.340. The quantitative estimate of drug-likeness (QED) is 0.801. The molecule has 4 nitrogen and oxygen atoms in total. The average molecular weight is 311 g/mol. The van der Waals surface area contributed by atoms with E-state index < -0.39 is 0 Å². The van der Waals surface area contributed by atoms with Crippen molar-refractivity contribution in [2.75, 3.05) is 0 Å². The lowest BCUT2D eigenvalue weighted by molar-refractivity contribution is 0.793. The molecular weight excluding hydrogens is 296 g/mol. The third-order valence-electron chi connectivity index (χ3n) is 3.28. The molecule has 0 radical (unpaired) electrons. The molecule has 0 bridgehead atoms. The van der Waals surface area contributed by atoms with Crippen LogP contribution in [0.1, 0.15) is 17.0 Å². The van der Waals surface area contributed by atoms with Crippen molar-refractivity contribution >= 4 is 23.8 Å². The highest BCUT2D eigenvalue weighted by Crippen LogP contribution is 2.17. The van der Waals surface area contributed by atoms with Crippen LogP contribution in [0.3, 0.4) is 0 Å². The van der Waals surface area contributed by atoms with Crippen molar-refractivity contribution < 1.29 is 0 Å². The summed E-state index contributed by atoms with van der Waals surface area (Å²) in [7, 11) is 0. The van der Waals surface area contributed by atoms with Gasteiger partial charge in [0.2, 0.25) is 0 Å². The molecule has 22 heavy (non-hydrogen) atoms. The van der Waals surface area contributed by atoms with Crippen molar-refractivity contribution in [3.05, 3.63) is 76.6 Å². The van der Waals surface area contributed by atoms with E-state index >= 15 is 0 Å². The van der Waals surface area contributed by atoms with Crippen LogP contribution >= 0.6 is 11.6 Å². The van der Waals surface area contributed by atoms with E-state index in [4.69, 9.17) is 17.3 Å². The van der Waals surface area contributed by atoms with Crippen LogP contribution in [0.2, 0.25) is 5.02 Å². The molecule has 3 rings (SSSR count). The molecule has 110 valence electrons. The predicted octanol–water partition coefficient (Wildman–Crippen LogP) is 3.55. The smallest absolute Gasteiger partial charge is 0.104 e. The van der Waals surface area contributed by atoms with Gasteiger partial charge < -0.3 is 5.73 Å². The van der Waals surface area contributed by atoms with E-state index in [0.717, 1.165) is 27.7 Å². The van der Waals surface area contributed by atoms with Crippen molar-refractivity contribution in [2.24, 2.45) is 5.73 Å². The Labute approximate surface area is 133 Å². The van der Waals surface area contributed by atoms with E-state index in [1.54, 1.807) is 4.68 Å². The van der Waals surface area contributed by atoms with E-state index in [-0.39, 0.29) is 0 Å². The SMILES string of the molecule is NCc1nnn(-c2ccccc2)c1/C=C/c1ccc(Cl)cc1. The first-order valence-corrected chi connectivity index (χ1v) is 7.29. The van der Waals surface area contributed by atoms with E-state index in [1.807, 2.05) is 66.7 Å². The lowest BCUT2D eigenvalue weighted by Gasteiger charge is -2.03. The Bertz CT molecular complexity index is 776. The highest BCUT2D eigenvalue weighted by molar-refractivity contribution is 6.30. The van der Waals surface area contributed by atoms with Crippen molar-refractivity contribution in [3.63, 3.8) is 0 Å². The summed E-state index contributed by atoms with van der Waals surface area (Å²) in [5.41, 5.74) is 9.40. The summed E-state index contributed by atoms with van der Waals surface area (Å²) in [5.74, 6) is 0. The van der Waals surface area contributed by atoms with Crippen LogP contribution < -0.4 is 5.73 Å². The lowest BCUT2D eigenvalue weighted by atomic mass is 10.2. The van der Waals surface area contributed by atoms with E-state index in [2.05, 4.69) is 10.3 Å². The number of rotatable bonds is 4. The fourth-order valence-electron chi connectivity index (χ4n) is 2.14. The number of aromatic nitrogens is 3. The van der Waals surface area contributed by atoms with Gasteiger partial charge in [-0.15, -0.1) is 5.10 Å². The molecule has 2 aromatic carbocycles. The second-order valence-electron chi connectivity index (χ2n) is 4.76. The first kappa shape index (κ1) is 14.5. The molecule has 0 spiro atoms. The Morgan fingerprint density at radius 2 is 1.73 bits per heavy atom. The highest BCUT2D eigenvalue weighted by atomic mass is 35.5. The Hall–Kier alpha value is -2.43. The van der Waals surface area contributed by atoms with Gasteiger partial charge in [0.1, 0.15) is 5.69 Å². The van der Waals surface area contributed by atoms with Crippen molar-refractivity contribution in [1.82, 2.24) is 15.0 Å². The summed E-state index contributed by atoms with van der Waals surface area (Å²) in [4.78, 5) is 0. The standard InChI is InChI=1S/C17H15ClN4/c18-14-9-6-13(7-10-14)8-11-17-16(12-19)20-21-22(17)15-4-2-1-3-5-15/h1-11H,12,19H2/b11-8+. The number of hydrogen-bond acceptors (Lipinski definition) is 3. The molecule has 0 aliphatic carbocycles. The molecule has 1 aromatic heterocycles. The fraction of sp³-hybridized carbons (Fsp3) is 0.0588. The Kier molecular flexibility index (Phi) is 4.32. The minimum Gasteiger partial charge on any atom is -0.325 e. The molecule has 2 N–H and O–H groups in total. The lowest BCUT2D eigenvalue weighted by Crippen LogP contribution is -2.02. The molecule has 0 fully saturated rings. The zero-order valence-corrected chi connectivity index (χ0v) is 12.6. The largest absolute Gasteiger partial charge is 0.325 e. The summed E-state index contributed by atoms with van der Waals surface area (Å²) in [5, 5.41) is 9.07. The second-order valence-corrected chi connectivity index (χ2v) is 5.19. The van der Waals surface area contributed by atoms with Gasteiger partial charge in [0.15, 0.2) is 0 Å². The molecule has 0 unspecified atom stereocenters. The van der Waals surface area contributed by atoms with Gasteiger partial charge in [-0.1, -0.05) is 53.2 Å². The molecule has 1 heterocycles. The summed E-state index contributed by atoms with van der Waals surface area (Å²) in [6.45, 7) is 0.340. The number of hydrogen-bond donors (Lipinski definition) is 1. The Morgan fingerprint density at radius 1 is 1.00 bits per heavy atom. The minimum atomic E-state index is 0.340. The average Bonchev–Trinajstić information content (AvgIpc) is 2.98. The molecule has 3 aromatic rings. The van der Waals surface area contributed by atoms with Gasteiger partial charge in [0, 0.05) is 11.6 Å². The fourth-order valence-corrected chi connectivity index (χ4v) is 2.27. The molecule has 0 amide bonds. The van der Waals surface area contributed by atoms with Crippen LogP contribution in [0, 0.1) is 0 Å². The molecule has 0 aliphatic heterocycles. The van der Waals surface area contributed by atoms with E-state index in [1.165, 1.54) is 0 Å². The normalized spacial score (nSPS) is 11.2. The van der Waals surface area contributed by atoms with Gasteiger partial charge in [0.05, 0.1) is 11.4 Å². The molecule has 0 aliphatic rings. The predicted molar refractivity (Wildman–Crippen MR) is 89.6 cm³/mol. The Morgan fingerprint density at radius 3 is 2.41 bits per heavy atom. The van der Waals surface area contributed by atoms with Gasteiger partial charge in [-0.25, -0.2) is 4.68 Å². The molecule has 0 atom stereocenters. The number of nitrogens with zero attached hydrogens (tertiary/aromatic N) is 3. The second kappa shape index (κ2) is 6.56. The third-order valence-corrected chi connectivity index (χ3v) is 3.53. The monoisotopic (exact) mass is 310 g/mol. The zero-order valence-electron chi connectivity index (χ0n) is 11.9. The summed E-state index contributed by atoms with van der Waals surface area (Å²) in [6, 6.07) is 17.5. The number of para-hydroxylation sites is 1. The number of halogens is 1. The van der Waals surface area contributed by atoms with Crippen molar-refractivity contribution in [3.8, 4) is 5.69 Å². The first-order valence-electron chi connectivity index (χ1n) is 6.91. The van der Waals surface area contributed by atoms with E-state index in [9.17, 15) is 0 Å². The number of nitrogens with two attached hydrogens (primary N) is 1. The molecule has 0 saturated heterocycles. The van der Waals surface area contributed by atoms with Gasteiger partial charge >= 0.3 is 0 Å². The molecule has 0 saturated carbocycles. The van der Waals surface area contributed by atoms with Crippen LogP contribution in [0.15, 0.2) is 54.6 Å². The topological polar surface area (TPSA) is 56.7 Å². The highest BCUT2D eigenvalue weighted by Gasteiger charge is 2.10. The maximum Gasteiger partial charge on any atom is 0.104 e. The summed E-state index contributed by atoms with van der Waals surface area (Å²) < 4.78 is 1.79. The van der Waals surface area contributed by atoms with Gasteiger partial charge in [-0.3, -0.25) is 0 Å². The van der Waals surface area contributed by atoms with Crippen molar-refractivity contribution in [1.29, 1.82) is 0 Å². The first-order chi connectivity index (χ1) is 10.8. The molecular formula is C17H15ClN4. The third kappa shape index (κ3) is 3.08. The van der Waals surface area contributed by atoms with Crippen LogP contribution in [0.5, 0.6) is 0 Å². The van der Waals surface area contributed by atoms with E-state index in [0.29, 0.717) is 6.54 Å². The van der Waals surface area contributed by atoms with Crippen LogP contribution in [-0.4, -0.2) is 15.0 Å². The number of benzene rings is 2. The van der Waals surface area contributed by atoms with Crippen LogP contribution in [-0.2, 0) is 6.54 Å². The molecule has 5 heteroatoms. The maximum atomic E-state index is 5.90. The van der Waals surface area contributed by atoms with Gasteiger partial charge in [-0.2, -0.15) is 0 Å². The summed E-state index contributed by atoms with van der Waals surface area (Å²) >= 11 is 5.90. The maximum absolute atomic E-state index is 5.90.